The van der Waals surface area contributed by atoms with Crippen LogP contribution in [-0.4, -0.2) is 16.8 Å². The van der Waals surface area contributed by atoms with E-state index >= 15 is 0 Å². The summed E-state index contributed by atoms with van der Waals surface area (Å²) in [5.41, 5.74) is 1.78. The number of amides is 1. The molecule has 4 rings (SSSR count). The van der Waals surface area contributed by atoms with Crippen LogP contribution < -0.4 is 4.90 Å². The van der Waals surface area contributed by atoms with Crippen molar-refractivity contribution in [2.24, 2.45) is 0 Å². The zero-order valence-electron chi connectivity index (χ0n) is 16.6. The highest BCUT2D eigenvalue weighted by molar-refractivity contribution is 9.10. The van der Waals surface area contributed by atoms with Crippen LogP contribution in [0.5, 0.6) is 0 Å². The van der Waals surface area contributed by atoms with Gasteiger partial charge in [-0.25, -0.2) is 0 Å². The lowest BCUT2D eigenvalue weighted by Crippen LogP contribution is -2.41. The predicted octanol–water partition coefficient (Wildman–Crippen LogP) is 5.02. The lowest BCUT2D eigenvalue weighted by molar-refractivity contribution is -0.136. The van der Waals surface area contributed by atoms with Crippen molar-refractivity contribution in [3.05, 3.63) is 99.5 Å². The van der Waals surface area contributed by atoms with E-state index in [0.717, 1.165) is 22.0 Å². The Morgan fingerprint density at radius 3 is 2.37 bits per heavy atom. The van der Waals surface area contributed by atoms with Crippen molar-refractivity contribution in [3.63, 3.8) is 0 Å². The number of para-hydroxylation sites is 1. The number of hydrogen-bond donors (Lipinski definition) is 1. The molecule has 1 aliphatic rings. The SMILES string of the molecule is CCc1ccc(C(=O)CC2(O)C(=O)N(Cc3ccccc3Br)c3ccccc32)cc1. The van der Waals surface area contributed by atoms with Gasteiger partial charge in [0.25, 0.3) is 5.91 Å². The van der Waals surface area contributed by atoms with Gasteiger partial charge in [-0.1, -0.05) is 83.5 Å². The van der Waals surface area contributed by atoms with E-state index in [1.807, 2.05) is 55.5 Å². The molecule has 0 bridgehead atoms. The number of nitrogens with zero attached hydrogens (tertiary/aromatic N) is 1. The third kappa shape index (κ3) is 3.59. The highest BCUT2D eigenvalue weighted by Gasteiger charge is 2.50. The number of aryl methyl sites for hydroxylation is 1. The van der Waals surface area contributed by atoms with Crippen molar-refractivity contribution in [1.82, 2.24) is 0 Å². The van der Waals surface area contributed by atoms with Crippen LogP contribution in [0, 0.1) is 0 Å². The molecule has 0 saturated carbocycles. The molecular weight excluding hydrogens is 442 g/mol. The molecule has 5 heteroatoms. The van der Waals surface area contributed by atoms with Gasteiger partial charge >= 0.3 is 0 Å². The number of halogens is 1. The molecule has 1 heterocycles. The van der Waals surface area contributed by atoms with Crippen molar-refractivity contribution in [2.75, 3.05) is 4.90 Å². The summed E-state index contributed by atoms with van der Waals surface area (Å²) in [5, 5.41) is 11.4. The van der Waals surface area contributed by atoms with Gasteiger partial charge in [0, 0.05) is 15.6 Å². The summed E-state index contributed by atoms with van der Waals surface area (Å²) in [6.07, 6.45) is 0.592. The van der Waals surface area contributed by atoms with Crippen LogP contribution in [0.3, 0.4) is 0 Å². The Morgan fingerprint density at radius 1 is 1.00 bits per heavy atom. The smallest absolute Gasteiger partial charge is 0.264 e. The Kier molecular flexibility index (Phi) is 5.58. The number of anilines is 1. The Labute approximate surface area is 184 Å². The molecule has 4 nitrogen and oxygen atoms in total. The van der Waals surface area contributed by atoms with Crippen LogP contribution in [-0.2, 0) is 23.4 Å². The predicted molar refractivity (Wildman–Crippen MR) is 120 cm³/mol. The highest BCUT2D eigenvalue weighted by Crippen LogP contribution is 2.43. The van der Waals surface area contributed by atoms with E-state index in [-0.39, 0.29) is 12.2 Å². The molecule has 0 radical (unpaired) electrons. The first kappa shape index (κ1) is 20.5. The molecule has 1 amide bonds. The minimum atomic E-state index is -1.88. The molecule has 0 spiro atoms. The minimum Gasteiger partial charge on any atom is -0.375 e. The number of hydrogen-bond acceptors (Lipinski definition) is 3. The number of ketones is 1. The first-order valence-corrected chi connectivity index (χ1v) is 10.7. The molecular formula is C25H22BrNO3. The van der Waals surface area contributed by atoms with Gasteiger partial charge in [0.1, 0.15) is 0 Å². The van der Waals surface area contributed by atoms with E-state index in [4.69, 9.17) is 0 Å². The summed E-state index contributed by atoms with van der Waals surface area (Å²) in [6, 6.07) is 22.1. The molecule has 0 aliphatic carbocycles. The molecule has 0 saturated heterocycles. The van der Waals surface area contributed by atoms with Crippen LogP contribution in [0.1, 0.15) is 40.4 Å². The molecule has 0 aromatic heterocycles. The minimum absolute atomic E-state index is 0.258. The second-order valence-electron chi connectivity index (χ2n) is 7.51. The molecule has 1 aliphatic heterocycles. The normalized spacial score (nSPS) is 17.8. The summed E-state index contributed by atoms with van der Waals surface area (Å²) in [6.45, 7) is 2.35. The number of Topliss-reactive ketones (excluding diaryl/α,β-unsaturated/α-hetero) is 1. The topological polar surface area (TPSA) is 57.6 Å². The third-order valence-corrected chi connectivity index (χ3v) is 6.40. The zero-order valence-corrected chi connectivity index (χ0v) is 18.2. The van der Waals surface area contributed by atoms with Crippen LogP contribution in [0.2, 0.25) is 0 Å². The van der Waals surface area contributed by atoms with Gasteiger partial charge < -0.3 is 10.0 Å². The lowest BCUT2D eigenvalue weighted by Gasteiger charge is -2.23. The summed E-state index contributed by atoms with van der Waals surface area (Å²) in [7, 11) is 0. The number of rotatable bonds is 6. The summed E-state index contributed by atoms with van der Waals surface area (Å²) >= 11 is 3.52. The van der Waals surface area contributed by atoms with Crippen molar-refractivity contribution in [3.8, 4) is 0 Å². The number of benzene rings is 3. The largest absolute Gasteiger partial charge is 0.375 e. The number of carbonyl (C=O) groups excluding carboxylic acids is 2. The van der Waals surface area contributed by atoms with Crippen LogP contribution in [0.4, 0.5) is 5.69 Å². The van der Waals surface area contributed by atoms with Gasteiger partial charge in [-0.3, -0.25) is 9.59 Å². The lowest BCUT2D eigenvalue weighted by atomic mass is 9.88. The summed E-state index contributed by atoms with van der Waals surface area (Å²) in [4.78, 5) is 27.9. The Balaban J connectivity index is 1.66. The first-order chi connectivity index (χ1) is 14.4. The van der Waals surface area contributed by atoms with Crippen LogP contribution in [0.15, 0.2) is 77.3 Å². The van der Waals surface area contributed by atoms with Crippen molar-refractivity contribution >= 4 is 33.3 Å². The van der Waals surface area contributed by atoms with Gasteiger partial charge in [0.05, 0.1) is 18.7 Å². The van der Waals surface area contributed by atoms with Crippen LogP contribution >= 0.6 is 15.9 Å². The fourth-order valence-electron chi connectivity index (χ4n) is 3.89. The molecule has 0 fully saturated rings. The van der Waals surface area contributed by atoms with E-state index in [1.54, 1.807) is 29.2 Å². The van der Waals surface area contributed by atoms with E-state index in [0.29, 0.717) is 23.4 Å². The quantitative estimate of drug-likeness (QED) is 0.522. The van der Waals surface area contributed by atoms with Gasteiger partial charge in [-0.2, -0.15) is 0 Å². The molecule has 3 aromatic rings. The summed E-state index contributed by atoms with van der Waals surface area (Å²) in [5.74, 6) is -0.732. The highest BCUT2D eigenvalue weighted by atomic mass is 79.9. The standard InChI is InChI=1S/C25H22BrNO3/c1-2-17-11-13-18(14-12-17)23(28)15-25(30)20-8-4-6-10-22(20)27(24(25)29)16-19-7-3-5-9-21(19)26/h3-14,30H,2,15-16H2,1H3. The maximum Gasteiger partial charge on any atom is 0.264 e. The monoisotopic (exact) mass is 463 g/mol. The number of fused-ring (bicyclic) bond motifs is 1. The second kappa shape index (κ2) is 8.17. The Hall–Kier alpha value is -2.76. The second-order valence-corrected chi connectivity index (χ2v) is 8.36. The van der Waals surface area contributed by atoms with E-state index in [9.17, 15) is 14.7 Å². The summed E-state index contributed by atoms with van der Waals surface area (Å²) < 4.78 is 0.887. The maximum atomic E-state index is 13.4. The van der Waals surface area contributed by atoms with Crippen molar-refractivity contribution in [1.29, 1.82) is 0 Å². The van der Waals surface area contributed by atoms with Crippen molar-refractivity contribution < 1.29 is 14.7 Å². The van der Waals surface area contributed by atoms with Crippen LogP contribution in [0.25, 0.3) is 0 Å². The molecule has 30 heavy (non-hydrogen) atoms. The van der Waals surface area contributed by atoms with Gasteiger partial charge in [0.2, 0.25) is 0 Å². The average Bonchev–Trinajstić information content (AvgIpc) is 2.97. The van der Waals surface area contributed by atoms with Gasteiger partial charge in [-0.05, 0) is 29.7 Å². The van der Waals surface area contributed by atoms with E-state index in [1.165, 1.54) is 0 Å². The molecule has 3 aromatic carbocycles. The fourth-order valence-corrected chi connectivity index (χ4v) is 4.30. The van der Waals surface area contributed by atoms with E-state index in [2.05, 4.69) is 15.9 Å². The van der Waals surface area contributed by atoms with E-state index < -0.39 is 11.5 Å². The molecule has 1 atom stereocenters. The number of carbonyl (C=O) groups is 2. The first-order valence-electron chi connectivity index (χ1n) is 9.93. The van der Waals surface area contributed by atoms with Gasteiger partial charge in [0.15, 0.2) is 11.4 Å². The van der Waals surface area contributed by atoms with Crippen molar-refractivity contribution in [2.45, 2.75) is 31.9 Å². The molecule has 1 unspecified atom stereocenters. The zero-order chi connectivity index (χ0) is 21.3. The maximum absolute atomic E-state index is 13.4. The molecule has 1 N–H and O–H groups in total. The Morgan fingerprint density at radius 2 is 1.67 bits per heavy atom. The third-order valence-electron chi connectivity index (χ3n) is 5.63. The number of aliphatic hydroxyl groups is 1. The molecule has 152 valence electrons. The fraction of sp³-hybridized carbons (Fsp3) is 0.200. The Bertz CT molecular complexity index is 1110. The van der Waals surface area contributed by atoms with Gasteiger partial charge in [-0.15, -0.1) is 0 Å². The average molecular weight is 464 g/mol.